The first-order valence-electron chi connectivity index (χ1n) is 9.27. The Hall–Kier alpha value is -2.81. The smallest absolute Gasteiger partial charge is 0.291 e. The molecule has 0 unspecified atom stereocenters. The first kappa shape index (κ1) is 21.9. The molecule has 1 heterocycles. The van der Waals surface area contributed by atoms with Crippen LogP contribution < -0.4 is 10.1 Å². The van der Waals surface area contributed by atoms with Crippen molar-refractivity contribution >= 4 is 33.2 Å². The second kappa shape index (κ2) is 9.34. The van der Waals surface area contributed by atoms with Crippen LogP contribution in [0.4, 0.5) is 5.69 Å². The van der Waals surface area contributed by atoms with Crippen LogP contribution in [0.3, 0.4) is 0 Å². The van der Waals surface area contributed by atoms with Gasteiger partial charge < -0.3 is 14.5 Å². The van der Waals surface area contributed by atoms with Gasteiger partial charge in [0.2, 0.25) is 10.0 Å². The number of furan rings is 1. The van der Waals surface area contributed by atoms with Crippen molar-refractivity contribution in [1.82, 2.24) is 4.31 Å². The summed E-state index contributed by atoms with van der Waals surface area (Å²) in [7, 11) is -3.72. The van der Waals surface area contributed by atoms with Gasteiger partial charge in [0, 0.05) is 18.1 Å². The third kappa shape index (κ3) is 4.84. The highest BCUT2D eigenvalue weighted by molar-refractivity contribution is 7.89. The molecule has 0 saturated carbocycles. The van der Waals surface area contributed by atoms with E-state index < -0.39 is 15.9 Å². The molecule has 0 atom stereocenters. The SMILES string of the molecule is CCN(CC)S(=O)(=O)c1ccc(Oc2ccc(Cl)cc2)c(NC(=O)c2ccco2)c1. The number of rotatable bonds is 8. The lowest BCUT2D eigenvalue weighted by atomic mass is 10.2. The van der Waals surface area contributed by atoms with Crippen molar-refractivity contribution in [2.75, 3.05) is 18.4 Å². The number of hydrogen-bond donors (Lipinski definition) is 1. The van der Waals surface area contributed by atoms with E-state index in [1.165, 1.54) is 34.8 Å². The average molecular weight is 449 g/mol. The molecule has 0 bridgehead atoms. The van der Waals surface area contributed by atoms with Crippen LogP contribution in [0, 0.1) is 0 Å². The number of nitrogens with zero attached hydrogens (tertiary/aromatic N) is 1. The predicted molar refractivity (Wildman–Crippen MR) is 115 cm³/mol. The molecular weight excluding hydrogens is 428 g/mol. The van der Waals surface area contributed by atoms with E-state index in [2.05, 4.69) is 5.32 Å². The van der Waals surface area contributed by atoms with Crippen molar-refractivity contribution in [2.24, 2.45) is 0 Å². The lowest BCUT2D eigenvalue weighted by Crippen LogP contribution is -2.30. The Bertz CT molecular complexity index is 1110. The highest BCUT2D eigenvalue weighted by atomic mass is 35.5. The number of benzene rings is 2. The number of sulfonamides is 1. The van der Waals surface area contributed by atoms with E-state index in [1.807, 2.05) is 0 Å². The fourth-order valence-electron chi connectivity index (χ4n) is 2.79. The molecule has 0 aliphatic heterocycles. The van der Waals surface area contributed by atoms with Crippen LogP contribution in [0.5, 0.6) is 11.5 Å². The van der Waals surface area contributed by atoms with Crippen molar-refractivity contribution in [2.45, 2.75) is 18.7 Å². The van der Waals surface area contributed by atoms with E-state index >= 15 is 0 Å². The van der Waals surface area contributed by atoms with Crippen LogP contribution in [-0.4, -0.2) is 31.7 Å². The maximum Gasteiger partial charge on any atom is 0.291 e. The molecule has 0 spiro atoms. The van der Waals surface area contributed by atoms with E-state index in [9.17, 15) is 13.2 Å². The summed E-state index contributed by atoms with van der Waals surface area (Å²) in [6.45, 7) is 4.18. The van der Waals surface area contributed by atoms with Gasteiger partial charge in [0.05, 0.1) is 16.8 Å². The van der Waals surface area contributed by atoms with Gasteiger partial charge in [0.15, 0.2) is 11.5 Å². The van der Waals surface area contributed by atoms with Crippen LogP contribution >= 0.6 is 11.6 Å². The maximum absolute atomic E-state index is 12.9. The van der Waals surface area contributed by atoms with Crippen molar-refractivity contribution in [1.29, 1.82) is 0 Å². The lowest BCUT2D eigenvalue weighted by Gasteiger charge is -2.20. The molecular formula is C21H21ClN2O5S. The topological polar surface area (TPSA) is 88.9 Å². The van der Waals surface area contributed by atoms with Crippen LogP contribution in [0.1, 0.15) is 24.4 Å². The van der Waals surface area contributed by atoms with Gasteiger partial charge >= 0.3 is 0 Å². The largest absolute Gasteiger partial charge is 0.459 e. The van der Waals surface area contributed by atoms with Gasteiger partial charge in [-0.25, -0.2) is 8.42 Å². The highest BCUT2D eigenvalue weighted by Crippen LogP contribution is 2.33. The number of amides is 1. The molecule has 3 aromatic rings. The average Bonchev–Trinajstić information content (AvgIpc) is 3.26. The highest BCUT2D eigenvalue weighted by Gasteiger charge is 2.24. The molecule has 3 rings (SSSR count). The molecule has 0 saturated heterocycles. The second-order valence-corrected chi connectivity index (χ2v) is 8.61. The molecule has 158 valence electrons. The Kier molecular flexibility index (Phi) is 6.81. The molecule has 9 heteroatoms. The summed E-state index contributed by atoms with van der Waals surface area (Å²) in [6, 6.07) is 14.1. The Morgan fingerprint density at radius 3 is 2.40 bits per heavy atom. The third-order valence-corrected chi connectivity index (χ3v) is 6.63. The second-order valence-electron chi connectivity index (χ2n) is 6.23. The molecule has 1 N–H and O–H groups in total. The van der Waals surface area contributed by atoms with Crippen molar-refractivity contribution in [3.05, 3.63) is 71.6 Å². The van der Waals surface area contributed by atoms with Crippen LogP contribution in [0.25, 0.3) is 0 Å². The van der Waals surface area contributed by atoms with Gasteiger partial charge in [-0.15, -0.1) is 0 Å². The van der Waals surface area contributed by atoms with Crippen LogP contribution in [0.2, 0.25) is 5.02 Å². The zero-order chi connectivity index (χ0) is 21.7. The predicted octanol–water partition coefficient (Wildman–Crippen LogP) is 5.01. The van der Waals surface area contributed by atoms with E-state index in [-0.39, 0.29) is 22.1 Å². The normalized spacial score (nSPS) is 11.5. The summed E-state index contributed by atoms with van der Waals surface area (Å²) in [4.78, 5) is 12.5. The Morgan fingerprint density at radius 1 is 1.10 bits per heavy atom. The number of anilines is 1. The first-order chi connectivity index (χ1) is 14.3. The molecule has 0 fully saturated rings. The molecule has 7 nitrogen and oxygen atoms in total. The lowest BCUT2D eigenvalue weighted by molar-refractivity contribution is 0.0996. The Morgan fingerprint density at radius 2 is 1.80 bits per heavy atom. The Balaban J connectivity index is 2.00. The van der Waals surface area contributed by atoms with Gasteiger partial charge in [-0.2, -0.15) is 4.31 Å². The number of halogens is 1. The molecule has 0 aliphatic carbocycles. The van der Waals surface area contributed by atoms with Gasteiger partial charge in [0.25, 0.3) is 5.91 Å². The quantitative estimate of drug-likeness (QED) is 0.523. The summed E-state index contributed by atoms with van der Waals surface area (Å²) < 4.78 is 38.1. The molecule has 2 aromatic carbocycles. The summed E-state index contributed by atoms with van der Waals surface area (Å²) in [6.07, 6.45) is 1.38. The van der Waals surface area contributed by atoms with Gasteiger partial charge in [-0.05, 0) is 54.6 Å². The molecule has 0 radical (unpaired) electrons. The van der Waals surface area contributed by atoms with Crippen molar-refractivity contribution < 1.29 is 22.4 Å². The number of carbonyl (C=O) groups excluding carboxylic acids is 1. The summed E-state index contributed by atoms with van der Waals surface area (Å²) in [5, 5.41) is 3.22. The van der Waals surface area contributed by atoms with E-state index in [4.69, 9.17) is 20.8 Å². The van der Waals surface area contributed by atoms with Gasteiger partial charge in [-0.1, -0.05) is 25.4 Å². The van der Waals surface area contributed by atoms with Crippen LogP contribution in [0.15, 0.2) is 70.2 Å². The summed E-state index contributed by atoms with van der Waals surface area (Å²) in [5.74, 6) is 0.311. The number of carbonyl (C=O) groups is 1. The van der Waals surface area contributed by atoms with Crippen molar-refractivity contribution in [3.63, 3.8) is 0 Å². The van der Waals surface area contributed by atoms with E-state index in [1.54, 1.807) is 44.2 Å². The standard InChI is InChI=1S/C21H21ClN2O5S/c1-3-24(4-2)30(26,27)17-11-12-19(29-16-9-7-15(22)8-10-16)18(14-17)23-21(25)20-6-5-13-28-20/h5-14H,3-4H2,1-2H3,(H,23,25). The molecule has 1 aromatic heterocycles. The van der Waals surface area contributed by atoms with E-state index in [0.717, 1.165) is 0 Å². The zero-order valence-corrected chi connectivity index (χ0v) is 18.0. The minimum Gasteiger partial charge on any atom is -0.459 e. The zero-order valence-electron chi connectivity index (χ0n) is 16.5. The molecule has 30 heavy (non-hydrogen) atoms. The summed E-state index contributed by atoms with van der Waals surface area (Å²) >= 11 is 5.91. The fourth-order valence-corrected chi connectivity index (χ4v) is 4.40. The summed E-state index contributed by atoms with van der Waals surface area (Å²) in [5.41, 5.74) is 0.194. The first-order valence-corrected chi connectivity index (χ1v) is 11.1. The van der Waals surface area contributed by atoms with Crippen molar-refractivity contribution in [3.8, 4) is 11.5 Å². The minimum absolute atomic E-state index is 0.0457. The monoisotopic (exact) mass is 448 g/mol. The van der Waals surface area contributed by atoms with Gasteiger partial charge in [0.1, 0.15) is 5.75 Å². The molecule has 0 aliphatic rings. The number of nitrogens with one attached hydrogen (secondary N) is 1. The number of hydrogen-bond acceptors (Lipinski definition) is 5. The Labute approximate surface area is 180 Å². The van der Waals surface area contributed by atoms with Crippen LogP contribution in [-0.2, 0) is 10.0 Å². The van der Waals surface area contributed by atoms with Gasteiger partial charge in [-0.3, -0.25) is 4.79 Å². The fraction of sp³-hybridized carbons (Fsp3) is 0.190. The third-order valence-electron chi connectivity index (χ3n) is 4.33. The minimum atomic E-state index is -3.72. The van der Waals surface area contributed by atoms with E-state index in [0.29, 0.717) is 23.9 Å². The maximum atomic E-state index is 12.9. The molecule has 1 amide bonds. The number of ether oxygens (including phenoxy) is 1.